The van der Waals surface area contributed by atoms with Crippen LogP contribution in [-0.2, 0) is 14.8 Å². The number of sulfonamides is 1. The molecule has 1 heterocycles. The lowest BCUT2D eigenvalue weighted by atomic mass is 10.1. The number of nitrogens with zero attached hydrogens (tertiary/aromatic N) is 3. The molecule has 0 aliphatic heterocycles. The first kappa shape index (κ1) is 23.8. The van der Waals surface area contributed by atoms with E-state index in [9.17, 15) is 13.2 Å². The van der Waals surface area contributed by atoms with E-state index >= 15 is 0 Å². The van der Waals surface area contributed by atoms with Crippen LogP contribution in [0, 0.1) is 13.8 Å². The van der Waals surface area contributed by atoms with Gasteiger partial charge in [0.15, 0.2) is 0 Å². The molecule has 0 saturated heterocycles. The molecule has 1 N–H and O–H groups in total. The summed E-state index contributed by atoms with van der Waals surface area (Å²) in [6.45, 7) is 11.4. The molecule has 8 heteroatoms. The molecule has 0 radical (unpaired) electrons. The van der Waals surface area contributed by atoms with Crippen LogP contribution in [0.1, 0.15) is 38.8 Å². The monoisotopic (exact) mass is 432 g/mol. The van der Waals surface area contributed by atoms with Crippen molar-refractivity contribution in [2.75, 3.05) is 23.8 Å². The number of rotatable bonds is 8. The minimum absolute atomic E-state index is 0.0942. The van der Waals surface area contributed by atoms with E-state index in [1.165, 1.54) is 16.6 Å². The molecule has 0 saturated carbocycles. The van der Waals surface area contributed by atoms with Gasteiger partial charge in [0.05, 0.1) is 6.54 Å². The second-order valence-electron chi connectivity index (χ2n) is 8.05. The van der Waals surface area contributed by atoms with Crippen molar-refractivity contribution >= 4 is 27.4 Å². The molecule has 2 rings (SSSR count). The molecule has 1 aromatic carbocycles. The van der Waals surface area contributed by atoms with Gasteiger partial charge in [0.25, 0.3) is 0 Å². The highest BCUT2D eigenvalue weighted by atomic mass is 32.2. The molecule has 0 unspecified atom stereocenters. The second kappa shape index (κ2) is 9.57. The van der Waals surface area contributed by atoms with Gasteiger partial charge in [-0.1, -0.05) is 18.2 Å². The molecule has 1 aromatic heterocycles. The number of anilines is 2. The van der Waals surface area contributed by atoms with Gasteiger partial charge in [-0.3, -0.25) is 4.79 Å². The lowest BCUT2D eigenvalue weighted by molar-refractivity contribution is -0.114. The van der Waals surface area contributed by atoms with Crippen molar-refractivity contribution in [2.24, 2.45) is 0 Å². The Balaban J connectivity index is 2.13. The first-order valence-corrected chi connectivity index (χ1v) is 11.5. The Morgan fingerprint density at radius 1 is 1.03 bits per heavy atom. The maximum absolute atomic E-state index is 12.9. The molecule has 0 bridgehead atoms. The van der Waals surface area contributed by atoms with E-state index in [1.807, 2.05) is 59.7 Å². The molecular weight excluding hydrogens is 400 g/mol. The van der Waals surface area contributed by atoms with Crippen LogP contribution in [0.25, 0.3) is 0 Å². The molecule has 0 aliphatic rings. The lowest BCUT2D eigenvalue weighted by Gasteiger charge is -2.29. The van der Waals surface area contributed by atoms with Crippen LogP contribution in [0.5, 0.6) is 0 Å². The van der Waals surface area contributed by atoms with Gasteiger partial charge in [0.1, 0.15) is 10.7 Å². The summed E-state index contributed by atoms with van der Waals surface area (Å²) in [6, 6.07) is 8.69. The number of nitrogens with one attached hydrogen (secondary N) is 1. The smallest absolute Gasteiger partial charge is 0.245 e. The maximum Gasteiger partial charge on any atom is 0.245 e. The standard InChI is InChI=1S/C22H32N4O3S/c1-15(2)26(16(3)4)30(28,29)19-11-12-20(23-13-19)25(7)14-21(27)24-22-17(5)9-8-10-18(22)6/h8-13,15-16H,14H2,1-7H3,(H,24,27). The largest absolute Gasteiger partial charge is 0.350 e. The number of aryl methyl sites for hydroxylation is 2. The molecule has 0 aliphatic carbocycles. The normalized spacial score (nSPS) is 11.9. The van der Waals surface area contributed by atoms with Crippen LogP contribution in [0.2, 0.25) is 0 Å². The summed E-state index contributed by atoms with van der Waals surface area (Å²) in [5.74, 6) is 0.352. The van der Waals surface area contributed by atoms with Gasteiger partial charge in [-0.25, -0.2) is 13.4 Å². The first-order valence-electron chi connectivity index (χ1n) is 10.0. The van der Waals surface area contributed by atoms with Crippen molar-refractivity contribution in [1.29, 1.82) is 0 Å². The topological polar surface area (TPSA) is 82.6 Å². The van der Waals surface area contributed by atoms with Crippen molar-refractivity contribution in [1.82, 2.24) is 9.29 Å². The van der Waals surface area contributed by atoms with Gasteiger partial charge in [-0.15, -0.1) is 0 Å². The predicted octanol–water partition coefficient (Wildman–Crippen LogP) is 3.58. The Morgan fingerprint density at radius 3 is 2.07 bits per heavy atom. The number of para-hydroxylation sites is 1. The van der Waals surface area contributed by atoms with Crippen molar-refractivity contribution in [2.45, 2.75) is 58.5 Å². The van der Waals surface area contributed by atoms with Crippen molar-refractivity contribution in [3.05, 3.63) is 47.7 Å². The molecule has 30 heavy (non-hydrogen) atoms. The SMILES string of the molecule is Cc1cccc(C)c1NC(=O)CN(C)c1ccc(S(=O)(=O)N(C(C)C)C(C)C)cn1. The maximum atomic E-state index is 12.9. The van der Waals surface area contributed by atoms with Crippen LogP contribution in [0.4, 0.5) is 11.5 Å². The van der Waals surface area contributed by atoms with Crippen molar-refractivity contribution < 1.29 is 13.2 Å². The van der Waals surface area contributed by atoms with E-state index in [-0.39, 0.29) is 29.4 Å². The van der Waals surface area contributed by atoms with E-state index in [0.717, 1.165) is 16.8 Å². The van der Waals surface area contributed by atoms with Crippen molar-refractivity contribution in [3.63, 3.8) is 0 Å². The number of hydrogen-bond donors (Lipinski definition) is 1. The quantitative estimate of drug-likeness (QED) is 0.689. The molecule has 164 valence electrons. The lowest BCUT2D eigenvalue weighted by Crippen LogP contribution is -2.42. The summed E-state index contributed by atoms with van der Waals surface area (Å²) in [6.07, 6.45) is 1.35. The number of carbonyl (C=O) groups excluding carboxylic acids is 1. The second-order valence-corrected chi connectivity index (χ2v) is 9.89. The van der Waals surface area contributed by atoms with Gasteiger partial charge in [0, 0.05) is 31.0 Å². The predicted molar refractivity (Wildman–Crippen MR) is 121 cm³/mol. The van der Waals surface area contributed by atoms with Crippen LogP contribution in [0.3, 0.4) is 0 Å². The average molecular weight is 433 g/mol. The Labute approximate surface area is 180 Å². The zero-order chi connectivity index (χ0) is 22.6. The zero-order valence-electron chi connectivity index (χ0n) is 18.8. The fourth-order valence-electron chi connectivity index (χ4n) is 3.51. The Morgan fingerprint density at radius 2 is 1.60 bits per heavy atom. The van der Waals surface area contributed by atoms with E-state index in [1.54, 1.807) is 18.0 Å². The summed E-state index contributed by atoms with van der Waals surface area (Å²) in [5, 5.41) is 2.94. The summed E-state index contributed by atoms with van der Waals surface area (Å²) in [5.41, 5.74) is 2.81. The summed E-state index contributed by atoms with van der Waals surface area (Å²) >= 11 is 0. The minimum Gasteiger partial charge on any atom is -0.350 e. The fourth-order valence-corrected chi connectivity index (χ4v) is 5.29. The molecular formula is C22H32N4O3S. The third-order valence-corrected chi connectivity index (χ3v) is 7.07. The third-order valence-electron chi connectivity index (χ3n) is 4.83. The number of hydrogen-bond acceptors (Lipinski definition) is 5. The highest BCUT2D eigenvalue weighted by Gasteiger charge is 2.29. The van der Waals surface area contributed by atoms with Crippen LogP contribution < -0.4 is 10.2 Å². The number of aromatic nitrogens is 1. The highest BCUT2D eigenvalue weighted by Crippen LogP contribution is 2.22. The van der Waals surface area contributed by atoms with Gasteiger partial charge in [0.2, 0.25) is 15.9 Å². The number of pyridine rings is 1. The van der Waals surface area contributed by atoms with Crippen LogP contribution in [-0.4, -0.2) is 49.3 Å². The third kappa shape index (κ3) is 5.37. The fraction of sp³-hybridized carbons (Fsp3) is 0.455. The molecule has 0 atom stereocenters. The molecule has 0 spiro atoms. The molecule has 1 amide bonds. The van der Waals surface area contributed by atoms with Crippen LogP contribution in [0.15, 0.2) is 41.4 Å². The summed E-state index contributed by atoms with van der Waals surface area (Å²) in [7, 11) is -1.90. The molecule has 0 fully saturated rings. The van der Waals surface area contributed by atoms with E-state index in [2.05, 4.69) is 10.3 Å². The van der Waals surface area contributed by atoms with Crippen molar-refractivity contribution in [3.8, 4) is 0 Å². The van der Waals surface area contributed by atoms with Gasteiger partial charge < -0.3 is 10.2 Å². The number of benzene rings is 1. The number of carbonyl (C=O) groups is 1. The highest BCUT2D eigenvalue weighted by molar-refractivity contribution is 7.89. The van der Waals surface area contributed by atoms with E-state index in [4.69, 9.17) is 0 Å². The van der Waals surface area contributed by atoms with E-state index < -0.39 is 10.0 Å². The zero-order valence-corrected chi connectivity index (χ0v) is 19.6. The Hall–Kier alpha value is -2.45. The average Bonchev–Trinajstić information content (AvgIpc) is 2.64. The van der Waals surface area contributed by atoms with Crippen LogP contribution >= 0.6 is 0 Å². The molecule has 7 nitrogen and oxygen atoms in total. The summed E-state index contributed by atoms with van der Waals surface area (Å²) < 4.78 is 27.4. The molecule has 2 aromatic rings. The number of amides is 1. The summed E-state index contributed by atoms with van der Waals surface area (Å²) in [4.78, 5) is 18.6. The number of likely N-dealkylation sites (N-methyl/N-ethyl adjacent to an activating group) is 1. The minimum atomic E-state index is -3.64. The van der Waals surface area contributed by atoms with Gasteiger partial charge >= 0.3 is 0 Å². The van der Waals surface area contributed by atoms with E-state index in [0.29, 0.717) is 5.82 Å². The van der Waals surface area contributed by atoms with Gasteiger partial charge in [-0.05, 0) is 64.8 Å². The van der Waals surface area contributed by atoms with Gasteiger partial charge in [-0.2, -0.15) is 4.31 Å². The Bertz CT molecular complexity index is 958. The Kier molecular flexibility index (Phi) is 7.60. The first-order chi connectivity index (χ1) is 13.9.